The maximum Gasteiger partial charge on any atom is 0.337 e. The van der Waals surface area contributed by atoms with Gasteiger partial charge in [-0.25, -0.2) is 9.79 Å². The van der Waals surface area contributed by atoms with E-state index >= 15 is 0 Å². The zero-order chi connectivity index (χ0) is 20.3. The van der Waals surface area contributed by atoms with Crippen LogP contribution in [0.25, 0.3) is 0 Å². The largest absolute Gasteiger partial charge is 0.467 e. The molecule has 0 aliphatic carbocycles. The van der Waals surface area contributed by atoms with Crippen LogP contribution in [0.5, 0.6) is 0 Å². The van der Waals surface area contributed by atoms with E-state index in [1.807, 2.05) is 97.9 Å². The number of nitrogens with zero attached hydrogens (tertiary/aromatic N) is 1. The number of benzene rings is 3. The Morgan fingerprint density at radius 2 is 1.45 bits per heavy atom. The molecule has 0 radical (unpaired) electrons. The van der Waals surface area contributed by atoms with E-state index in [1.54, 1.807) is 0 Å². The molecule has 0 amide bonds. The van der Waals surface area contributed by atoms with Crippen molar-refractivity contribution in [2.75, 3.05) is 7.11 Å². The topological polar surface area (TPSA) is 50.7 Å². The summed E-state index contributed by atoms with van der Waals surface area (Å²) in [6.07, 6.45) is 0.426. The third-order valence-electron chi connectivity index (χ3n) is 5.72. The number of nitrogens with one attached hydrogen (secondary N) is 1. The molecule has 3 aromatic rings. The quantitative estimate of drug-likeness (QED) is 0.674. The third kappa shape index (κ3) is 3.21. The van der Waals surface area contributed by atoms with Crippen molar-refractivity contribution in [2.45, 2.75) is 24.4 Å². The van der Waals surface area contributed by atoms with Gasteiger partial charge >= 0.3 is 5.97 Å². The number of hydrogen-bond donors (Lipinski definition) is 1. The summed E-state index contributed by atoms with van der Waals surface area (Å²) in [7, 11) is 1.43. The fraction of sp³-hybridized carbons (Fsp3) is 0.200. The van der Waals surface area contributed by atoms with E-state index in [1.165, 1.54) is 7.11 Å². The van der Waals surface area contributed by atoms with Crippen LogP contribution in [0.2, 0.25) is 0 Å². The Kier molecular flexibility index (Phi) is 4.93. The lowest BCUT2D eigenvalue weighted by atomic mass is 9.71. The van der Waals surface area contributed by atoms with Crippen LogP contribution in [0.1, 0.15) is 23.6 Å². The van der Waals surface area contributed by atoms with Crippen LogP contribution in [0, 0.1) is 0 Å². The second-order valence-electron chi connectivity index (χ2n) is 7.46. The molecule has 0 saturated heterocycles. The molecule has 1 heterocycles. The standard InChI is InChI=1S/C25H24N2O2/c1-24(21-16-10-5-11-17-21)25(23(28)29-2,18-19-12-6-3-7-13-19)27-22(26-24)20-14-8-4-9-15-20/h3-17H,18H2,1-2H3,(H,26,27)/t24-,25+/m0/s1. The SMILES string of the molecule is COC(=O)[C@@]1(Cc2ccccc2)N=C(c2ccccc2)N[C@@]1(C)c1ccccc1. The number of aliphatic imine (C=N–C) groups is 1. The molecule has 4 nitrogen and oxygen atoms in total. The van der Waals surface area contributed by atoms with Gasteiger partial charge in [0.1, 0.15) is 5.84 Å². The molecule has 146 valence electrons. The maximum atomic E-state index is 13.3. The van der Waals surface area contributed by atoms with E-state index in [9.17, 15) is 4.79 Å². The Morgan fingerprint density at radius 1 is 0.897 bits per heavy atom. The minimum absolute atomic E-state index is 0.355. The van der Waals surface area contributed by atoms with Gasteiger partial charge in [0.2, 0.25) is 0 Å². The summed E-state index contributed by atoms with van der Waals surface area (Å²) in [5.74, 6) is 0.337. The van der Waals surface area contributed by atoms with Crippen LogP contribution in [-0.2, 0) is 21.5 Å². The average Bonchev–Trinajstić information content (AvgIpc) is 3.09. The van der Waals surface area contributed by atoms with Crippen molar-refractivity contribution in [3.05, 3.63) is 108 Å². The molecule has 4 heteroatoms. The van der Waals surface area contributed by atoms with E-state index in [4.69, 9.17) is 9.73 Å². The van der Waals surface area contributed by atoms with Crippen molar-refractivity contribution in [1.29, 1.82) is 0 Å². The second-order valence-corrected chi connectivity index (χ2v) is 7.46. The summed E-state index contributed by atoms with van der Waals surface area (Å²) in [5, 5.41) is 3.58. The van der Waals surface area contributed by atoms with E-state index in [-0.39, 0.29) is 5.97 Å². The first-order valence-electron chi connectivity index (χ1n) is 9.70. The van der Waals surface area contributed by atoms with Gasteiger partial charge in [0.15, 0.2) is 5.54 Å². The van der Waals surface area contributed by atoms with E-state index in [0.29, 0.717) is 12.3 Å². The van der Waals surface area contributed by atoms with Crippen molar-refractivity contribution in [3.8, 4) is 0 Å². The zero-order valence-corrected chi connectivity index (χ0v) is 16.6. The highest BCUT2D eigenvalue weighted by Gasteiger charge is 2.60. The van der Waals surface area contributed by atoms with Gasteiger partial charge in [-0.3, -0.25) is 0 Å². The number of methoxy groups -OCH3 is 1. The molecular formula is C25H24N2O2. The predicted octanol–water partition coefficient (Wildman–Crippen LogP) is 4.11. The van der Waals surface area contributed by atoms with Gasteiger partial charge in [-0.1, -0.05) is 91.0 Å². The zero-order valence-electron chi connectivity index (χ0n) is 16.6. The third-order valence-corrected chi connectivity index (χ3v) is 5.72. The molecule has 0 unspecified atom stereocenters. The molecule has 1 aliphatic heterocycles. The lowest BCUT2D eigenvalue weighted by molar-refractivity contribution is -0.149. The molecule has 2 atom stereocenters. The van der Waals surface area contributed by atoms with Gasteiger partial charge in [0.05, 0.1) is 12.6 Å². The second kappa shape index (κ2) is 7.55. The summed E-state index contributed by atoms with van der Waals surface area (Å²) in [6.45, 7) is 2.03. The first kappa shape index (κ1) is 18.9. The molecule has 0 bridgehead atoms. The number of carbonyl (C=O) groups is 1. The van der Waals surface area contributed by atoms with Gasteiger partial charge in [0.25, 0.3) is 0 Å². The molecule has 4 rings (SSSR count). The van der Waals surface area contributed by atoms with E-state index in [0.717, 1.165) is 16.7 Å². The van der Waals surface area contributed by atoms with Crippen LogP contribution in [0.4, 0.5) is 0 Å². The first-order valence-corrected chi connectivity index (χ1v) is 9.70. The fourth-order valence-corrected chi connectivity index (χ4v) is 4.08. The Balaban J connectivity index is 1.92. The summed E-state index contributed by atoms with van der Waals surface area (Å²) in [5.41, 5.74) is 1.03. The summed E-state index contributed by atoms with van der Waals surface area (Å²) in [6, 6.07) is 29.8. The van der Waals surface area contributed by atoms with Crippen molar-refractivity contribution >= 4 is 11.8 Å². The summed E-state index contributed by atoms with van der Waals surface area (Å²) in [4.78, 5) is 18.4. The molecule has 0 fully saturated rings. The van der Waals surface area contributed by atoms with Crippen molar-refractivity contribution in [3.63, 3.8) is 0 Å². The Labute approximate surface area is 171 Å². The van der Waals surface area contributed by atoms with Crippen LogP contribution in [-0.4, -0.2) is 24.5 Å². The number of hydrogen-bond acceptors (Lipinski definition) is 4. The number of ether oxygens (including phenoxy) is 1. The maximum absolute atomic E-state index is 13.3. The molecule has 0 spiro atoms. The molecule has 1 N–H and O–H groups in total. The van der Waals surface area contributed by atoms with Crippen molar-refractivity contribution in [1.82, 2.24) is 5.32 Å². The van der Waals surface area contributed by atoms with Gasteiger partial charge < -0.3 is 10.1 Å². The molecular weight excluding hydrogens is 360 g/mol. The minimum atomic E-state index is -1.14. The average molecular weight is 384 g/mol. The molecule has 3 aromatic carbocycles. The summed E-state index contributed by atoms with van der Waals surface area (Å²) < 4.78 is 5.32. The lowest BCUT2D eigenvalue weighted by Crippen LogP contribution is -2.59. The van der Waals surface area contributed by atoms with Crippen molar-refractivity contribution < 1.29 is 9.53 Å². The molecule has 0 saturated carbocycles. The lowest BCUT2D eigenvalue weighted by Gasteiger charge is -2.40. The van der Waals surface area contributed by atoms with Gasteiger partial charge in [-0.05, 0) is 18.1 Å². The fourth-order valence-electron chi connectivity index (χ4n) is 4.08. The predicted molar refractivity (Wildman–Crippen MR) is 115 cm³/mol. The van der Waals surface area contributed by atoms with Gasteiger partial charge in [0, 0.05) is 12.0 Å². The van der Waals surface area contributed by atoms with Gasteiger partial charge in [-0.15, -0.1) is 0 Å². The number of esters is 1. The van der Waals surface area contributed by atoms with Crippen LogP contribution >= 0.6 is 0 Å². The van der Waals surface area contributed by atoms with E-state index < -0.39 is 11.1 Å². The number of amidine groups is 1. The highest BCUT2D eigenvalue weighted by Crippen LogP contribution is 2.43. The molecule has 29 heavy (non-hydrogen) atoms. The normalized spacial score (nSPS) is 23.2. The number of rotatable bonds is 5. The molecule has 1 aliphatic rings. The minimum Gasteiger partial charge on any atom is -0.467 e. The van der Waals surface area contributed by atoms with Gasteiger partial charge in [-0.2, -0.15) is 0 Å². The summed E-state index contributed by atoms with van der Waals surface area (Å²) >= 11 is 0. The Bertz CT molecular complexity index is 1020. The monoisotopic (exact) mass is 384 g/mol. The van der Waals surface area contributed by atoms with Crippen LogP contribution in [0.3, 0.4) is 0 Å². The number of carbonyl (C=O) groups excluding carboxylic acids is 1. The first-order chi connectivity index (χ1) is 14.1. The smallest absolute Gasteiger partial charge is 0.337 e. The highest BCUT2D eigenvalue weighted by molar-refractivity contribution is 6.05. The Morgan fingerprint density at radius 3 is 2.03 bits per heavy atom. The molecule has 0 aromatic heterocycles. The van der Waals surface area contributed by atoms with E-state index in [2.05, 4.69) is 5.32 Å². The Hall–Kier alpha value is -3.40. The highest BCUT2D eigenvalue weighted by atomic mass is 16.5. The van der Waals surface area contributed by atoms with Crippen LogP contribution < -0.4 is 5.32 Å². The van der Waals surface area contributed by atoms with Crippen LogP contribution in [0.15, 0.2) is 96.0 Å². The van der Waals surface area contributed by atoms with Crippen molar-refractivity contribution in [2.24, 2.45) is 4.99 Å².